The minimum atomic E-state index is -0.0466. The van der Waals surface area contributed by atoms with Gasteiger partial charge in [-0.05, 0) is 24.6 Å². The molecule has 0 atom stereocenters. The van der Waals surface area contributed by atoms with Crippen molar-refractivity contribution in [2.75, 3.05) is 0 Å². The Morgan fingerprint density at radius 2 is 2.11 bits per heavy atom. The lowest BCUT2D eigenvalue weighted by atomic mass is 10.1. The molecular formula is C15H15N3O. The number of rotatable bonds is 3. The number of aryl methyl sites for hydroxylation is 1. The third-order valence-corrected chi connectivity index (χ3v) is 3.21. The van der Waals surface area contributed by atoms with E-state index in [-0.39, 0.29) is 6.61 Å². The first kappa shape index (κ1) is 11.9. The number of fused-ring (bicyclic) bond motifs is 1. The van der Waals surface area contributed by atoms with Gasteiger partial charge in [-0.3, -0.25) is 4.98 Å². The van der Waals surface area contributed by atoms with Gasteiger partial charge in [0.1, 0.15) is 12.4 Å². The van der Waals surface area contributed by atoms with Crippen molar-refractivity contribution in [3.8, 4) is 0 Å². The number of aromatic nitrogens is 3. The third-order valence-electron chi connectivity index (χ3n) is 3.21. The van der Waals surface area contributed by atoms with Gasteiger partial charge >= 0.3 is 0 Å². The largest absolute Gasteiger partial charge is 0.388 e. The van der Waals surface area contributed by atoms with Crippen LogP contribution in [0.5, 0.6) is 0 Å². The van der Waals surface area contributed by atoms with Crippen LogP contribution < -0.4 is 0 Å². The van der Waals surface area contributed by atoms with Crippen LogP contribution in [0.15, 0.2) is 42.7 Å². The fourth-order valence-electron chi connectivity index (χ4n) is 2.34. The summed E-state index contributed by atoms with van der Waals surface area (Å²) < 4.78 is 1.96. The van der Waals surface area contributed by atoms with Crippen LogP contribution in [0.1, 0.15) is 17.1 Å². The summed E-state index contributed by atoms with van der Waals surface area (Å²) in [4.78, 5) is 8.66. The molecule has 0 aliphatic rings. The molecule has 1 N–H and O–H groups in total. The zero-order valence-corrected chi connectivity index (χ0v) is 10.7. The molecule has 0 amide bonds. The Kier molecular flexibility index (Phi) is 3.01. The van der Waals surface area contributed by atoms with E-state index in [2.05, 4.69) is 22.1 Å². The number of benzene rings is 1. The van der Waals surface area contributed by atoms with Gasteiger partial charge in [0, 0.05) is 30.0 Å². The molecule has 0 radical (unpaired) electrons. The van der Waals surface area contributed by atoms with E-state index in [0.29, 0.717) is 12.4 Å². The fourth-order valence-corrected chi connectivity index (χ4v) is 2.34. The number of aliphatic hydroxyl groups is 1. The summed E-state index contributed by atoms with van der Waals surface area (Å²) in [6.45, 7) is 2.64. The Labute approximate surface area is 111 Å². The van der Waals surface area contributed by atoms with Gasteiger partial charge in [-0.15, -0.1) is 0 Å². The van der Waals surface area contributed by atoms with Crippen LogP contribution in [0.2, 0.25) is 0 Å². The van der Waals surface area contributed by atoms with Gasteiger partial charge in [0.2, 0.25) is 0 Å². The second-order valence-corrected chi connectivity index (χ2v) is 4.57. The minimum Gasteiger partial charge on any atom is -0.388 e. The van der Waals surface area contributed by atoms with Crippen LogP contribution in [0, 0.1) is 6.92 Å². The summed E-state index contributed by atoms with van der Waals surface area (Å²) in [5.41, 5.74) is 3.19. The van der Waals surface area contributed by atoms with Crippen molar-refractivity contribution in [3.05, 3.63) is 59.8 Å². The number of para-hydroxylation sites is 1. The average molecular weight is 253 g/mol. The zero-order valence-electron chi connectivity index (χ0n) is 10.7. The molecule has 1 aromatic carbocycles. The van der Waals surface area contributed by atoms with Gasteiger partial charge in [0.25, 0.3) is 0 Å². The molecule has 3 aromatic rings. The normalized spacial score (nSPS) is 11.1. The molecule has 19 heavy (non-hydrogen) atoms. The Balaban J connectivity index is 2.10. The van der Waals surface area contributed by atoms with Crippen molar-refractivity contribution >= 4 is 10.9 Å². The quantitative estimate of drug-likeness (QED) is 0.779. The maximum Gasteiger partial charge on any atom is 0.134 e. The van der Waals surface area contributed by atoms with Gasteiger partial charge in [0.05, 0.1) is 5.52 Å². The molecule has 0 saturated carbocycles. The van der Waals surface area contributed by atoms with E-state index >= 15 is 0 Å². The smallest absolute Gasteiger partial charge is 0.134 e. The fraction of sp³-hybridized carbons (Fsp3) is 0.200. The first-order valence-electron chi connectivity index (χ1n) is 6.24. The summed E-state index contributed by atoms with van der Waals surface area (Å²) in [6.07, 6.45) is 3.60. The van der Waals surface area contributed by atoms with Gasteiger partial charge in [0.15, 0.2) is 0 Å². The molecule has 0 aliphatic carbocycles. The molecule has 0 unspecified atom stereocenters. The highest BCUT2D eigenvalue weighted by molar-refractivity contribution is 5.82. The van der Waals surface area contributed by atoms with Crippen molar-refractivity contribution in [2.45, 2.75) is 20.1 Å². The molecule has 0 bridgehead atoms. The van der Waals surface area contributed by atoms with Crippen LogP contribution in [-0.4, -0.2) is 19.6 Å². The van der Waals surface area contributed by atoms with Gasteiger partial charge < -0.3 is 9.67 Å². The highest BCUT2D eigenvalue weighted by atomic mass is 16.3. The van der Waals surface area contributed by atoms with Gasteiger partial charge in [-0.25, -0.2) is 4.98 Å². The van der Waals surface area contributed by atoms with Crippen LogP contribution >= 0.6 is 0 Å². The topological polar surface area (TPSA) is 50.9 Å². The molecule has 2 aromatic heterocycles. The first-order valence-corrected chi connectivity index (χ1v) is 6.24. The van der Waals surface area contributed by atoms with E-state index in [1.54, 1.807) is 6.20 Å². The summed E-state index contributed by atoms with van der Waals surface area (Å²) in [7, 11) is 0. The SMILES string of the molecule is Cc1cc(Cn2ccnc2CO)c2ccccc2n1. The Morgan fingerprint density at radius 3 is 2.95 bits per heavy atom. The minimum absolute atomic E-state index is 0.0466. The highest BCUT2D eigenvalue weighted by Gasteiger charge is 2.07. The average Bonchev–Trinajstić information content (AvgIpc) is 2.86. The number of hydrogen-bond acceptors (Lipinski definition) is 3. The Bertz CT molecular complexity index is 718. The van der Waals surface area contributed by atoms with Crippen molar-refractivity contribution in [1.29, 1.82) is 0 Å². The number of imidazole rings is 1. The molecule has 3 rings (SSSR count). The van der Waals surface area contributed by atoms with Gasteiger partial charge in [-0.1, -0.05) is 18.2 Å². The number of hydrogen-bond donors (Lipinski definition) is 1. The molecule has 0 fully saturated rings. The van der Waals surface area contributed by atoms with E-state index in [9.17, 15) is 5.11 Å². The maximum absolute atomic E-state index is 9.26. The number of aliphatic hydroxyl groups excluding tert-OH is 1. The highest BCUT2D eigenvalue weighted by Crippen LogP contribution is 2.19. The molecule has 4 nitrogen and oxygen atoms in total. The zero-order chi connectivity index (χ0) is 13.2. The lowest BCUT2D eigenvalue weighted by molar-refractivity contribution is 0.266. The summed E-state index contributed by atoms with van der Waals surface area (Å²) >= 11 is 0. The van der Waals surface area contributed by atoms with E-state index in [4.69, 9.17) is 0 Å². The predicted octanol–water partition coefficient (Wildman–Crippen LogP) is 2.28. The number of nitrogens with zero attached hydrogens (tertiary/aromatic N) is 3. The third kappa shape index (κ3) is 2.22. The van der Waals surface area contributed by atoms with Crippen molar-refractivity contribution in [3.63, 3.8) is 0 Å². The molecular weight excluding hydrogens is 238 g/mol. The van der Waals surface area contributed by atoms with Crippen LogP contribution in [-0.2, 0) is 13.2 Å². The van der Waals surface area contributed by atoms with Crippen LogP contribution in [0.4, 0.5) is 0 Å². The Morgan fingerprint density at radius 1 is 1.26 bits per heavy atom. The molecule has 0 aliphatic heterocycles. The number of pyridine rings is 1. The lowest BCUT2D eigenvalue weighted by Crippen LogP contribution is -2.05. The molecule has 0 saturated heterocycles. The van der Waals surface area contributed by atoms with Crippen LogP contribution in [0.3, 0.4) is 0 Å². The molecule has 0 spiro atoms. The van der Waals surface area contributed by atoms with Crippen molar-refractivity contribution in [1.82, 2.24) is 14.5 Å². The van der Waals surface area contributed by atoms with E-state index < -0.39 is 0 Å². The van der Waals surface area contributed by atoms with E-state index in [1.807, 2.05) is 35.9 Å². The van der Waals surface area contributed by atoms with Crippen LogP contribution in [0.25, 0.3) is 10.9 Å². The molecule has 96 valence electrons. The summed E-state index contributed by atoms with van der Waals surface area (Å²) in [5, 5.41) is 10.4. The van der Waals surface area contributed by atoms with Crippen molar-refractivity contribution < 1.29 is 5.11 Å². The maximum atomic E-state index is 9.26. The molecule has 2 heterocycles. The summed E-state index contributed by atoms with van der Waals surface area (Å²) in [6, 6.07) is 10.2. The van der Waals surface area contributed by atoms with Gasteiger partial charge in [-0.2, -0.15) is 0 Å². The standard InChI is InChI=1S/C15H15N3O/c1-11-8-12(9-18-7-6-16-15(18)10-19)13-4-2-3-5-14(13)17-11/h2-8,19H,9-10H2,1H3. The first-order chi connectivity index (χ1) is 9.28. The summed E-state index contributed by atoms with van der Waals surface area (Å²) in [5.74, 6) is 0.679. The van der Waals surface area contributed by atoms with E-state index in [0.717, 1.165) is 16.6 Å². The molecule has 4 heteroatoms. The van der Waals surface area contributed by atoms with E-state index in [1.165, 1.54) is 5.56 Å². The Hall–Kier alpha value is -2.20. The lowest BCUT2D eigenvalue weighted by Gasteiger charge is -2.10. The monoisotopic (exact) mass is 253 g/mol. The second kappa shape index (κ2) is 4.82. The predicted molar refractivity (Wildman–Crippen MR) is 73.7 cm³/mol. The van der Waals surface area contributed by atoms with Crippen molar-refractivity contribution in [2.24, 2.45) is 0 Å². The second-order valence-electron chi connectivity index (χ2n) is 4.57.